The lowest BCUT2D eigenvalue weighted by Gasteiger charge is -2.22. The Hall–Kier alpha value is -3.02. The molecule has 0 heterocycles. The highest BCUT2D eigenvalue weighted by Gasteiger charge is 2.24. The predicted molar refractivity (Wildman–Crippen MR) is 110 cm³/mol. The van der Waals surface area contributed by atoms with Crippen molar-refractivity contribution < 1.29 is 14.3 Å². The van der Waals surface area contributed by atoms with Crippen LogP contribution in [0.15, 0.2) is 54.6 Å². The van der Waals surface area contributed by atoms with Crippen molar-refractivity contribution in [3.63, 3.8) is 0 Å². The number of nitrogens with one attached hydrogen (secondary N) is 3. The molecular formula is C22H29N3O3. The fourth-order valence-corrected chi connectivity index (χ4v) is 2.74. The van der Waals surface area contributed by atoms with Crippen molar-refractivity contribution in [3.8, 4) is 5.75 Å². The Balaban J connectivity index is 1.90. The van der Waals surface area contributed by atoms with E-state index in [0.717, 1.165) is 16.9 Å². The molecule has 6 heteroatoms. The van der Waals surface area contributed by atoms with Crippen LogP contribution in [0.25, 0.3) is 0 Å². The van der Waals surface area contributed by atoms with Crippen molar-refractivity contribution >= 4 is 11.9 Å². The molecule has 2 rings (SSSR count). The number of hydrogen-bond donors (Lipinski definition) is 3. The van der Waals surface area contributed by atoms with E-state index in [1.165, 1.54) is 0 Å². The Morgan fingerprint density at radius 3 is 2.29 bits per heavy atom. The maximum atomic E-state index is 12.6. The minimum atomic E-state index is -0.630. The molecule has 0 aliphatic heterocycles. The number of rotatable bonds is 9. The van der Waals surface area contributed by atoms with Crippen molar-refractivity contribution in [1.29, 1.82) is 0 Å². The highest BCUT2D eigenvalue weighted by Crippen LogP contribution is 2.17. The van der Waals surface area contributed by atoms with Crippen LogP contribution in [0, 0.1) is 5.92 Å². The molecule has 28 heavy (non-hydrogen) atoms. The minimum absolute atomic E-state index is 0.0513. The summed E-state index contributed by atoms with van der Waals surface area (Å²) < 4.78 is 5.58. The molecule has 0 bridgehead atoms. The first-order chi connectivity index (χ1) is 13.5. The standard InChI is InChI=1S/C22H29N3O3/c1-4-28-19-13-9-8-12-18(19)15-23-21(26)20(16(2)3)25-22(27)24-14-17-10-6-5-7-11-17/h5-13,16,20H,4,14-15H2,1-3H3,(H,23,26)(H2,24,25,27). The van der Waals surface area contributed by atoms with Gasteiger partial charge in [-0.15, -0.1) is 0 Å². The molecular weight excluding hydrogens is 354 g/mol. The Kier molecular flexibility index (Phi) is 8.34. The zero-order chi connectivity index (χ0) is 20.4. The molecule has 0 aliphatic rings. The van der Waals surface area contributed by atoms with Crippen LogP contribution in [0.4, 0.5) is 4.79 Å². The van der Waals surface area contributed by atoms with Crippen molar-refractivity contribution in [2.75, 3.05) is 6.61 Å². The van der Waals surface area contributed by atoms with Gasteiger partial charge < -0.3 is 20.7 Å². The third kappa shape index (κ3) is 6.61. The molecule has 0 aliphatic carbocycles. The molecule has 0 aromatic heterocycles. The van der Waals surface area contributed by atoms with E-state index in [0.29, 0.717) is 19.7 Å². The second-order valence-corrected chi connectivity index (χ2v) is 6.79. The van der Waals surface area contributed by atoms with Crippen molar-refractivity contribution in [3.05, 3.63) is 65.7 Å². The Morgan fingerprint density at radius 1 is 0.929 bits per heavy atom. The first-order valence-corrected chi connectivity index (χ1v) is 9.58. The van der Waals surface area contributed by atoms with Gasteiger partial charge >= 0.3 is 6.03 Å². The summed E-state index contributed by atoms with van der Waals surface area (Å²) in [5.74, 6) is 0.473. The number of amides is 3. The van der Waals surface area contributed by atoms with E-state index in [4.69, 9.17) is 4.74 Å². The predicted octanol–water partition coefficient (Wildman–Crippen LogP) is 3.23. The lowest BCUT2D eigenvalue weighted by molar-refractivity contribution is -0.124. The summed E-state index contributed by atoms with van der Waals surface area (Å²) in [6, 6.07) is 16.2. The van der Waals surface area contributed by atoms with Gasteiger partial charge in [-0.1, -0.05) is 62.4 Å². The van der Waals surface area contributed by atoms with Crippen LogP contribution in [0.3, 0.4) is 0 Å². The molecule has 3 N–H and O–H groups in total. The van der Waals surface area contributed by atoms with E-state index in [1.54, 1.807) is 0 Å². The average molecular weight is 383 g/mol. The summed E-state index contributed by atoms with van der Waals surface area (Å²) >= 11 is 0. The largest absolute Gasteiger partial charge is 0.494 e. The molecule has 2 aromatic carbocycles. The van der Waals surface area contributed by atoms with Gasteiger partial charge in [0.1, 0.15) is 11.8 Å². The van der Waals surface area contributed by atoms with E-state index in [2.05, 4.69) is 16.0 Å². The van der Waals surface area contributed by atoms with Gasteiger partial charge in [0.2, 0.25) is 5.91 Å². The highest BCUT2D eigenvalue weighted by molar-refractivity contribution is 5.87. The van der Waals surface area contributed by atoms with E-state index >= 15 is 0 Å². The summed E-state index contributed by atoms with van der Waals surface area (Å²) in [6.07, 6.45) is 0. The second kappa shape index (κ2) is 11.0. The normalized spacial score (nSPS) is 11.6. The molecule has 0 saturated heterocycles. The van der Waals surface area contributed by atoms with E-state index in [-0.39, 0.29) is 17.9 Å². The van der Waals surface area contributed by atoms with Crippen LogP contribution >= 0.6 is 0 Å². The Bertz CT molecular complexity index is 763. The van der Waals surface area contributed by atoms with Gasteiger partial charge in [-0.2, -0.15) is 0 Å². The Morgan fingerprint density at radius 2 is 1.61 bits per heavy atom. The van der Waals surface area contributed by atoms with Gasteiger partial charge in [-0.05, 0) is 24.5 Å². The summed E-state index contributed by atoms with van der Waals surface area (Å²) in [4.78, 5) is 24.9. The van der Waals surface area contributed by atoms with E-state index in [1.807, 2.05) is 75.4 Å². The number of ether oxygens (including phenoxy) is 1. The van der Waals surface area contributed by atoms with E-state index < -0.39 is 6.04 Å². The molecule has 2 aromatic rings. The van der Waals surface area contributed by atoms with Crippen LogP contribution < -0.4 is 20.7 Å². The molecule has 1 unspecified atom stereocenters. The van der Waals surface area contributed by atoms with Crippen LogP contribution in [0.1, 0.15) is 31.9 Å². The summed E-state index contributed by atoms with van der Waals surface area (Å²) in [7, 11) is 0. The molecule has 0 saturated carbocycles. The lowest BCUT2D eigenvalue weighted by atomic mass is 10.0. The second-order valence-electron chi connectivity index (χ2n) is 6.79. The van der Waals surface area contributed by atoms with Crippen LogP contribution in [0.2, 0.25) is 0 Å². The number of carbonyl (C=O) groups excluding carboxylic acids is 2. The highest BCUT2D eigenvalue weighted by atomic mass is 16.5. The molecule has 6 nitrogen and oxygen atoms in total. The molecule has 0 fully saturated rings. The maximum Gasteiger partial charge on any atom is 0.315 e. The molecule has 0 spiro atoms. The quantitative estimate of drug-likeness (QED) is 0.622. The van der Waals surface area contributed by atoms with Crippen LogP contribution in [-0.4, -0.2) is 24.6 Å². The smallest absolute Gasteiger partial charge is 0.315 e. The lowest BCUT2D eigenvalue weighted by Crippen LogP contribution is -2.52. The maximum absolute atomic E-state index is 12.6. The third-order valence-electron chi connectivity index (χ3n) is 4.26. The SMILES string of the molecule is CCOc1ccccc1CNC(=O)C(NC(=O)NCc1ccccc1)C(C)C. The van der Waals surface area contributed by atoms with E-state index in [9.17, 15) is 9.59 Å². The summed E-state index contributed by atoms with van der Waals surface area (Å²) in [5, 5.41) is 8.45. The van der Waals surface area contributed by atoms with Crippen molar-refractivity contribution in [2.45, 2.75) is 39.9 Å². The molecule has 3 amide bonds. The average Bonchev–Trinajstić information content (AvgIpc) is 2.70. The summed E-state index contributed by atoms with van der Waals surface area (Å²) in [6.45, 7) is 7.02. The number of urea groups is 1. The van der Waals surface area contributed by atoms with Gasteiger partial charge in [0.25, 0.3) is 0 Å². The van der Waals surface area contributed by atoms with Gasteiger partial charge in [0, 0.05) is 18.7 Å². The fraction of sp³-hybridized carbons (Fsp3) is 0.364. The van der Waals surface area contributed by atoms with Gasteiger partial charge in [-0.25, -0.2) is 4.79 Å². The fourth-order valence-electron chi connectivity index (χ4n) is 2.74. The molecule has 150 valence electrons. The van der Waals surface area contributed by atoms with Crippen molar-refractivity contribution in [1.82, 2.24) is 16.0 Å². The monoisotopic (exact) mass is 383 g/mol. The van der Waals surface area contributed by atoms with Crippen LogP contribution in [-0.2, 0) is 17.9 Å². The third-order valence-corrected chi connectivity index (χ3v) is 4.26. The topological polar surface area (TPSA) is 79.5 Å². The first kappa shape index (κ1) is 21.3. The number of benzene rings is 2. The van der Waals surface area contributed by atoms with Crippen LogP contribution in [0.5, 0.6) is 5.75 Å². The number of hydrogen-bond acceptors (Lipinski definition) is 3. The number of para-hydroxylation sites is 1. The zero-order valence-electron chi connectivity index (χ0n) is 16.7. The number of carbonyl (C=O) groups is 2. The molecule has 0 radical (unpaired) electrons. The van der Waals surface area contributed by atoms with Gasteiger partial charge in [-0.3, -0.25) is 4.79 Å². The zero-order valence-corrected chi connectivity index (χ0v) is 16.7. The first-order valence-electron chi connectivity index (χ1n) is 9.58. The Labute approximate surface area is 166 Å². The van der Waals surface area contributed by atoms with Crippen molar-refractivity contribution in [2.24, 2.45) is 5.92 Å². The summed E-state index contributed by atoms with van der Waals surface area (Å²) in [5.41, 5.74) is 1.89. The van der Waals surface area contributed by atoms with Gasteiger partial charge in [0.05, 0.1) is 6.61 Å². The van der Waals surface area contributed by atoms with Gasteiger partial charge in [0.15, 0.2) is 0 Å². The molecule has 1 atom stereocenters. The minimum Gasteiger partial charge on any atom is -0.494 e.